The zero-order valence-corrected chi connectivity index (χ0v) is 15.0. The van der Waals surface area contributed by atoms with E-state index < -0.39 is 0 Å². The average molecular weight is 336 g/mol. The van der Waals surface area contributed by atoms with Crippen LogP contribution in [0.3, 0.4) is 0 Å². The van der Waals surface area contributed by atoms with Crippen molar-refractivity contribution >= 4 is 11.7 Å². The van der Waals surface area contributed by atoms with Crippen molar-refractivity contribution in [2.24, 2.45) is 5.92 Å². The second kappa shape index (κ2) is 6.14. The molecule has 3 heterocycles. The number of piperidine rings is 1. The Morgan fingerprint density at radius 1 is 1.08 bits per heavy atom. The molecule has 2 aliphatic rings. The molecule has 130 valence electrons. The number of rotatable bonds is 2. The van der Waals surface area contributed by atoms with Gasteiger partial charge in [0.1, 0.15) is 0 Å². The maximum atomic E-state index is 12.7. The monoisotopic (exact) mass is 336 g/mol. The van der Waals surface area contributed by atoms with E-state index in [1.54, 1.807) is 0 Å². The van der Waals surface area contributed by atoms with E-state index in [9.17, 15) is 4.79 Å². The van der Waals surface area contributed by atoms with Crippen LogP contribution < -0.4 is 5.32 Å². The van der Waals surface area contributed by atoms with Crippen molar-refractivity contribution in [2.75, 3.05) is 5.32 Å². The number of aryl methyl sites for hydroxylation is 2. The highest BCUT2D eigenvalue weighted by molar-refractivity contribution is 5.91. The van der Waals surface area contributed by atoms with Gasteiger partial charge < -0.3 is 10.2 Å². The molecule has 2 amide bonds. The van der Waals surface area contributed by atoms with Gasteiger partial charge in [0, 0.05) is 23.3 Å². The summed E-state index contributed by atoms with van der Waals surface area (Å²) in [6.45, 7) is 6.25. The zero-order valence-electron chi connectivity index (χ0n) is 15.0. The lowest BCUT2D eigenvalue weighted by atomic mass is 9.74. The Bertz CT molecular complexity index is 790. The summed E-state index contributed by atoms with van der Waals surface area (Å²) in [5, 5.41) is 11.5. The second-order valence-corrected chi connectivity index (χ2v) is 7.55. The topological polar surface area (TPSA) is 58.1 Å². The molecule has 1 aromatic carbocycles. The molecule has 1 aromatic heterocycles. The number of aromatic nitrogens is 2. The van der Waals surface area contributed by atoms with Gasteiger partial charge in [0.2, 0.25) is 0 Å². The number of carbonyl (C=O) groups excluding carboxylic acids is 1. The Hall–Kier alpha value is -2.43. The maximum Gasteiger partial charge on any atom is 0.322 e. The molecule has 5 nitrogen and oxygen atoms in total. The van der Waals surface area contributed by atoms with E-state index in [0.717, 1.165) is 53.4 Å². The largest absolute Gasteiger partial charge is 0.322 e. The van der Waals surface area contributed by atoms with Gasteiger partial charge in [-0.2, -0.15) is 10.2 Å². The normalized spacial score (nSPS) is 24.6. The number of urea groups is 1. The summed E-state index contributed by atoms with van der Waals surface area (Å²) in [5.41, 5.74) is 4.65. The van der Waals surface area contributed by atoms with Gasteiger partial charge in [0.25, 0.3) is 0 Å². The molecule has 0 aliphatic carbocycles. The summed E-state index contributed by atoms with van der Waals surface area (Å²) in [4.78, 5) is 14.7. The SMILES string of the molecule is Cc1ccc(-c2cc(NC(=O)N3C4CC(C)C[C@H]3C4)ccc2C)nn1. The van der Waals surface area contributed by atoms with Gasteiger partial charge in [-0.05, 0) is 68.9 Å². The van der Waals surface area contributed by atoms with Crippen molar-refractivity contribution in [3.05, 3.63) is 41.6 Å². The Morgan fingerprint density at radius 3 is 2.52 bits per heavy atom. The molecule has 25 heavy (non-hydrogen) atoms. The van der Waals surface area contributed by atoms with E-state index >= 15 is 0 Å². The smallest absolute Gasteiger partial charge is 0.318 e. The fourth-order valence-electron chi connectivity index (χ4n) is 4.18. The van der Waals surface area contributed by atoms with E-state index in [2.05, 4.69) is 22.4 Å². The first kappa shape index (κ1) is 16.1. The fraction of sp³-hybridized carbons (Fsp3) is 0.450. The molecule has 0 spiro atoms. The van der Waals surface area contributed by atoms with Crippen molar-refractivity contribution in [1.82, 2.24) is 15.1 Å². The third-order valence-electron chi connectivity index (χ3n) is 5.48. The van der Waals surface area contributed by atoms with Crippen molar-refractivity contribution in [2.45, 2.75) is 52.1 Å². The van der Waals surface area contributed by atoms with Crippen LogP contribution in [0.2, 0.25) is 0 Å². The Morgan fingerprint density at radius 2 is 1.84 bits per heavy atom. The van der Waals surface area contributed by atoms with Gasteiger partial charge in [0.05, 0.1) is 11.4 Å². The number of amides is 2. The number of fused-ring (bicyclic) bond motifs is 2. The summed E-state index contributed by atoms with van der Waals surface area (Å²) in [6, 6.07) is 10.8. The molecule has 0 radical (unpaired) electrons. The van der Waals surface area contributed by atoms with Crippen LogP contribution in [-0.2, 0) is 0 Å². The van der Waals surface area contributed by atoms with E-state index in [1.807, 2.05) is 49.1 Å². The molecule has 0 saturated carbocycles. The molecule has 3 atom stereocenters. The van der Waals surface area contributed by atoms with Crippen LogP contribution in [0.25, 0.3) is 11.3 Å². The standard InChI is InChI=1S/C20H24N4O/c1-12-8-16-11-17(9-12)24(16)20(25)21-15-6-4-13(2)18(10-15)19-7-5-14(3)22-23-19/h4-7,10,12,16-17H,8-9,11H2,1-3H3,(H,21,25)/t12?,16-,17?/m0/s1. The van der Waals surface area contributed by atoms with Crippen LogP contribution in [-0.4, -0.2) is 33.2 Å². The van der Waals surface area contributed by atoms with Gasteiger partial charge in [-0.25, -0.2) is 4.79 Å². The van der Waals surface area contributed by atoms with Crippen molar-refractivity contribution < 1.29 is 4.79 Å². The number of carbonyl (C=O) groups is 1. The van der Waals surface area contributed by atoms with Crippen LogP contribution in [0.1, 0.15) is 37.4 Å². The molecule has 2 saturated heterocycles. The second-order valence-electron chi connectivity index (χ2n) is 7.55. The zero-order chi connectivity index (χ0) is 17.6. The molecule has 5 heteroatoms. The highest BCUT2D eigenvalue weighted by atomic mass is 16.2. The number of nitrogens with zero attached hydrogens (tertiary/aromatic N) is 3. The highest BCUT2D eigenvalue weighted by Gasteiger charge is 2.46. The van der Waals surface area contributed by atoms with Gasteiger partial charge in [-0.3, -0.25) is 0 Å². The van der Waals surface area contributed by atoms with E-state index in [0.29, 0.717) is 12.1 Å². The van der Waals surface area contributed by atoms with Crippen LogP contribution >= 0.6 is 0 Å². The maximum absolute atomic E-state index is 12.7. The summed E-state index contributed by atoms with van der Waals surface area (Å²) < 4.78 is 0. The van der Waals surface area contributed by atoms with Crippen LogP contribution in [0.5, 0.6) is 0 Å². The lowest BCUT2D eigenvalue weighted by Crippen LogP contribution is -2.63. The van der Waals surface area contributed by atoms with E-state index in [-0.39, 0.29) is 6.03 Å². The first-order valence-corrected chi connectivity index (χ1v) is 9.02. The molecule has 1 N–H and O–H groups in total. The first-order chi connectivity index (χ1) is 12.0. The Labute approximate surface area is 148 Å². The Balaban J connectivity index is 1.53. The molecular formula is C20H24N4O. The summed E-state index contributed by atoms with van der Waals surface area (Å²) in [7, 11) is 0. The van der Waals surface area contributed by atoms with Crippen LogP contribution in [0.4, 0.5) is 10.5 Å². The minimum absolute atomic E-state index is 0.0259. The van der Waals surface area contributed by atoms with Gasteiger partial charge in [-0.1, -0.05) is 13.0 Å². The van der Waals surface area contributed by atoms with Crippen LogP contribution in [0.15, 0.2) is 30.3 Å². The number of nitrogens with one attached hydrogen (secondary N) is 1. The highest BCUT2D eigenvalue weighted by Crippen LogP contribution is 2.41. The molecule has 2 bridgehead atoms. The summed E-state index contributed by atoms with van der Waals surface area (Å²) in [6.07, 6.45) is 3.42. The first-order valence-electron chi connectivity index (χ1n) is 9.02. The van der Waals surface area contributed by atoms with Crippen molar-refractivity contribution in [3.8, 4) is 11.3 Å². The number of benzene rings is 1. The van der Waals surface area contributed by atoms with Crippen molar-refractivity contribution in [1.29, 1.82) is 0 Å². The predicted molar refractivity (Wildman–Crippen MR) is 98.4 cm³/mol. The lowest BCUT2D eigenvalue weighted by molar-refractivity contribution is -0.00600. The molecule has 2 aromatic rings. The number of hydrogen-bond acceptors (Lipinski definition) is 3. The fourth-order valence-corrected chi connectivity index (χ4v) is 4.18. The molecular weight excluding hydrogens is 312 g/mol. The van der Waals surface area contributed by atoms with Gasteiger partial charge in [-0.15, -0.1) is 0 Å². The molecule has 2 aliphatic heterocycles. The van der Waals surface area contributed by atoms with E-state index in [1.165, 1.54) is 0 Å². The Kier molecular flexibility index (Phi) is 3.94. The van der Waals surface area contributed by atoms with Crippen molar-refractivity contribution in [3.63, 3.8) is 0 Å². The molecule has 2 unspecified atom stereocenters. The van der Waals surface area contributed by atoms with Gasteiger partial charge in [0.15, 0.2) is 0 Å². The summed E-state index contributed by atoms with van der Waals surface area (Å²) in [5.74, 6) is 0.735. The molecule has 4 rings (SSSR count). The number of anilines is 1. The van der Waals surface area contributed by atoms with Crippen LogP contribution in [0, 0.1) is 19.8 Å². The number of hydrogen-bond donors (Lipinski definition) is 1. The predicted octanol–water partition coefficient (Wildman–Crippen LogP) is 4.17. The average Bonchev–Trinajstić information content (AvgIpc) is 2.57. The minimum Gasteiger partial charge on any atom is -0.318 e. The minimum atomic E-state index is 0.0259. The lowest BCUT2D eigenvalue weighted by Gasteiger charge is -2.54. The third-order valence-corrected chi connectivity index (χ3v) is 5.48. The molecule has 2 fully saturated rings. The summed E-state index contributed by atoms with van der Waals surface area (Å²) >= 11 is 0. The third kappa shape index (κ3) is 2.99. The quantitative estimate of drug-likeness (QED) is 0.895. The van der Waals surface area contributed by atoms with Gasteiger partial charge >= 0.3 is 6.03 Å². The van der Waals surface area contributed by atoms with E-state index in [4.69, 9.17) is 0 Å².